The Morgan fingerprint density at radius 1 is 1.17 bits per heavy atom. The maximum atomic E-state index is 11.3. The lowest BCUT2D eigenvalue weighted by atomic mass is 10.1. The molecule has 1 saturated heterocycles. The predicted octanol–water partition coefficient (Wildman–Crippen LogP) is 1.10. The van der Waals surface area contributed by atoms with Gasteiger partial charge in [-0.25, -0.2) is 0 Å². The summed E-state index contributed by atoms with van der Waals surface area (Å²) in [6.07, 6.45) is 2.48. The molecule has 3 rings (SSSR count). The molecule has 1 amide bonds. The van der Waals surface area contributed by atoms with Crippen molar-refractivity contribution in [2.24, 2.45) is 0 Å². The fourth-order valence-electron chi connectivity index (χ4n) is 2.47. The van der Waals surface area contributed by atoms with Crippen LogP contribution in [0.25, 0.3) is 0 Å². The SMILES string of the molecule is CC(=O)c1ccc(Nc2nncc(N3CCN(C=O)CC3)n2)cc1. The van der Waals surface area contributed by atoms with Crippen LogP contribution < -0.4 is 10.2 Å². The molecular formula is C16H18N6O2. The van der Waals surface area contributed by atoms with Crippen molar-refractivity contribution >= 4 is 29.6 Å². The minimum atomic E-state index is 0.0240. The van der Waals surface area contributed by atoms with E-state index in [0.29, 0.717) is 37.7 Å². The molecule has 24 heavy (non-hydrogen) atoms. The summed E-state index contributed by atoms with van der Waals surface area (Å²) in [4.78, 5) is 30.3. The van der Waals surface area contributed by atoms with Crippen LogP contribution in [0, 0.1) is 0 Å². The number of amides is 1. The molecule has 0 unspecified atom stereocenters. The average Bonchev–Trinajstić information content (AvgIpc) is 2.62. The van der Waals surface area contributed by atoms with Gasteiger partial charge in [0.2, 0.25) is 12.4 Å². The van der Waals surface area contributed by atoms with E-state index in [1.165, 1.54) is 6.92 Å². The Kier molecular flexibility index (Phi) is 4.64. The third-order valence-electron chi connectivity index (χ3n) is 3.88. The Morgan fingerprint density at radius 3 is 2.50 bits per heavy atom. The third kappa shape index (κ3) is 3.65. The van der Waals surface area contributed by atoms with Crippen molar-refractivity contribution in [3.63, 3.8) is 0 Å². The van der Waals surface area contributed by atoms with Crippen LogP contribution in [0.2, 0.25) is 0 Å². The number of carbonyl (C=O) groups excluding carboxylic acids is 2. The molecule has 0 radical (unpaired) electrons. The Labute approximate surface area is 139 Å². The number of benzene rings is 1. The molecule has 2 heterocycles. The molecule has 124 valence electrons. The van der Waals surface area contributed by atoms with E-state index in [1.807, 2.05) is 0 Å². The zero-order valence-electron chi connectivity index (χ0n) is 13.3. The summed E-state index contributed by atoms with van der Waals surface area (Å²) in [6.45, 7) is 4.29. The Bertz CT molecular complexity index is 726. The second-order valence-electron chi connectivity index (χ2n) is 5.53. The molecule has 8 heteroatoms. The van der Waals surface area contributed by atoms with Gasteiger partial charge in [0.05, 0.1) is 6.20 Å². The molecule has 8 nitrogen and oxygen atoms in total. The third-order valence-corrected chi connectivity index (χ3v) is 3.88. The largest absolute Gasteiger partial charge is 0.352 e. The molecule has 0 aliphatic carbocycles. The summed E-state index contributed by atoms with van der Waals surface area (Å²) in [5, 5.41) is 11.1. The lowest BCUT2D eigenvalue weighted by molar-refractivity contribution is -0.118. The molecule has 0 saturated carbocycles. The molecule has 1 aromatic heterocycles. The van der Waals surface area contributed by atoms with E-state index in [0.717, 1.165) is 17.9 Å². The van der Waals surface area contributed by atoms with Gasteiger partial charge in [-0.1, -0.05) is 0 Å². The van der Waals surface area contributed by atoms with Gasteiger partial charge in [0, 0.05) is 37.4 Å². The number of nitrogens with zero attached hydrogens (tertiary/aromatic N) is 5. The summed E-state index contributed by atoms with van der Waals surface area (Å²) >= 11 is 0. The summed E-state index contributed by atoms with van der Waals surface area (Å²) in [5.74, 6) is 1.13. The smallest absolute Gasteiger partial charge is 0.249 e. The van der Waals surface area contributed by atoms with Crippen molar-refractivity contribution < 1.29 is 9.59 Å². The van der Waals surface area contributed by atoms with Crippen LogP contribution in [0.1, 0.15) is 17.3 Å². The lowest BCUT2D eigenvalue weighted by Crippen LogP contribution is -2.46. The number of aromatic nitrogens is 3. The van der Waals surface area contributed by atoms with Crippen molar-refractivity contribution in [2.75, 3.05) is 36.4 Å². The molecule has 2 aromatic rings. The van der Waals surface area contributed by atoms with Crippen LogP contribution >= 0.6 is 0 Å². The van der Waals surface area contributed by atoms with Gasteiger partial charge in [-0.15, -0.1) is 5.10 Å². The van der Waals surface area contributed by atoms with Crippen LogP contribution in [0.5, 0.6) is 0 Å². The van der Waals surface area contributed by atoms with E-state index < -0.39 is 0 Å². The molecule has 1 aromatic carbocycles. The Balaban J connectivity index is 1.69. The Morgan fingerprint density at radius 2 is 1.88 bits per heavy atom. The van der Waals surface area contributed by atoms with Gasteiger partial charge >= 0.3 is 0 Å². The minimum Gasteiger partial charge on any atom is -0.352 e. The molecule has 0 bridgehead atoms. The van der Waals surface area contributed by atoms with Crippen LogP contribution in [0.3, 0.4) is 0 Å². The van der Waals surface area contributed by atoms with Crippen LogP contribution in [-0.4, -0.2) is 58.5 Å². The molecule has 1 N–H and O–H groups in total. The van der Waals surface area contributed by atoms with E-state index in [9.17, 15) is 9.59 Å². The molecule has 1 aliphatic heterocycles. The van der Waals surface area contributed by atoms with E-state index in [1.54, 1.807) is 35.4 Å². The Hall–Kier alpha value is -3.03. The zero-order chi connectivity index (χ0) is 16.9. The quantitative estimate of drug-likeness (QED) is 0.649. The number of anilines is 3. The number of piperazine rings is 1. The molecular weight excluding hydrogens is 308 g/mol. The summed E-state index contributed by atoms with van der Waals surface area (Å²) in [7, 11) is 0. The number of nitrogens with one attached hydrogen (secondary N) is 1. The standard InChI is InChI=1S/C16H18N6O2/c1-12(24)13-2-4-14(5-3-13)18-16-19-15(10-17-20-16)22-8-6-21(11-23)7-9-22/h2-5,10-11H,6-9H2,1H3,(H,18,19,20). The number of ketones is 1. The second-order valence-corrected chi connectivity index (χ2v) is 5.53. The van der Waals surface area contributed by atoms with Crippen molar-refractivity contribution in [1.29, 1.82) is 0 Å². The van der Waals surface area contributed by atoms with Crippen molar-refractivity contribution in [2.45, 2.75) is 6.92 Å². The second kappa shape index (κ2) is 7.03. The van der Waals surface area contributed by atoms with Crippen molar-refractivity contribution in [3.05, 3.63) is 36.0 Å². The summed E-state index contributed by atoms with van der Waals surface area (Å²) in [5.41, 5.74) is 1.44. The summed E-state index contributed by atoms with van der Waals surface area (Å²) in [6, 6.07) is 7.10. The van der Waals surface area contributed by atoms with E-state index in [4.69, 9.17) is 0 Å². The maximum Gasteiger partial charge on any atom is 0.249 e. The predicted molar refractivity (Wildman–Crippen MR) is 89.4 cm³/mol. The van der Waals surface area contributed by atoms with Gasteiger partial charge in [0.15, 0.2) is 11.6 Å². The lowest BCUT2D eigenvalue weighted by Gasteiger charge is -2.33. The molecule has 0 spiro atoms. The average molecular weight is 326 g/mol. The highest BCUT2D eigenvalue weighted by Gasteiger charge is 2.17. The molecule has 1 fully saturated rings. The van der Waals surface area contributed by atoms with Gasteiger partial charge in [0.25, 0.3) is 0 Å². The van der Waals surface area contributed by atoms with Gasteiger partial charge in [0.1, 0.15) is 0 Å². The van der Waals surface area contributed by atoms with Gasteiger partial charge in [-0.3, -0.25) is 9.59 Å². The summed E-state index contributed by atoms with van der Waals surface area (Å²) < 4.78 is 0. The van der Waals surface area contributed by atoms with Crippen LogP contribution in [0.4, 0.5) is 17.5 Å². The number of Topliss-reactive ketones (excluding diaryl/α,β-unsaturated/α-hetero) is 1. The van der Waals surface area contributed by atoms with E-state index in [2.05, 4.69) is 25.4 Å². The van der Waals surface area contributed by atoms with Crippen LogP contribution in [-0.2, 0) is 4.79 Å². The zero-order valence-corrected chi connectivity index (χ0v) is 13.3. The van der Waals surface area contributed by atoms with Crippen molar-refractivity contribution in [3.8, 4) is 0 Å². The first-order valence-corrected chi connectivity index (χ1v) is 7.68. The molecule has 0 atom stereocenters. The highest BCUT2D eigenvalue weighted by atomic mass is 16.1. The fourth-order valence-corrected chi connectivity index (χ4v) is 2.47. The first kappa shape index (κ1) is 15.9. The highest BCUT2D eigenvalue weighted by molar-refractivity contribution is 5.94. The first-order valence-electron chi connectivity index (χ1n) is 7.68. The number of rotatable bonds is 5. The fraction of sp³-hybridized carbons (Fsp3) is 0.312. The minimum absolute atomic E-state index is 0.0240. The van der Waals surface area contributed by atoms with Crippen molar-refractivity contribution in [1.82, 2.24) is 20.1 Å². The van der Waals surface area contributed by atoms with E-state index >= 15 is 0 Å². The number of hydrogen-bond donors (Lipinski definition) is 1. The monoisotopic (exact) mass is 326 g/mol. The van der Waals surface area contributed by atoms with Gasteiger partial charge in [-0.05, 0) is 31.2 Å². The highest BCUT2D eigenvalue weighted by Crippen LogP contribution is 2.17. The number of hydrogen-bond acceptors (Lipinski definition) is 7. The topological polar surface area (TPSA) is 91.3 Å². The van der Waals surface area contributed by atoms with Gasteiger partial charge in [-0.2, -0.15) is 10.1 Å². The van der Waals surface area contributed by atoms with E-state index in [-0.39, 0.29) is 5.78 Å². The molecule has 1 aliphatic rings. The maximum absolute atomic E-state index is 11.3. The first-order chi connectivity index (χ1) is 11.7. The van der Waals surface area contributed by atoms with Gasteiger partial charge < -0.3 is 15.1 Å². The normalized spacial score (nSPS) is 14.4. The van der Waals surface area contributed by atoms with Crippen LogP contribution in [0.15, 0.2) is 30.5 Å². The number of carbonyl (C=O) groups is 2.